The molecule has 2 amide bonds. The van der Waals surface area contributed by atoms with Crippen molar-refractivity contribution in [1.29, 1.82) is 0 Å². The van der Waals surface area contributed by atoms with Crippen molar-refractivity contribution < 1.29 is 18.5 Å². The Labute approximate surface area is 133 Å². The molecule has 2 N–H and O–H groups in total. The Balaban J connectivity index is 1.85. The molecule has 1 aromatic carbocycles. The van der Waals surface area contributed by atoms with Gasteiger partial charge in [-0.05, 0) is 44.9 Å². The molecular weight excluding hydrogens is 301 g/mol. The first-order chi connectivity index (χ1) is 10.9. The summed E-state index contributed by atoms with van der Waals surface area (Å²) in [6.45, 7) is 5.49. The number of nitrogens with zero attached hydrogens (tertiary/aromatic N) is 1. The summed E-state index contributed by atoms with van der Waals surface area (Å²) in [4.78, 5) is 23.5. The lowest BCUT2D eigenvalue weighted by molar-refractivity contribution is -0.136. The summed E-state index contributed by atoms with van der Waals surface area (Å²) >= 11 is 0. The predicted octanol–water partition coefficient (Wildman–Crippen LogP) is 2.04. The number of aromatic nitrogens is 1. The minimum atomic E-state index is -0.841. The highest BCUT2D eigenvalue weighted by atomic mass is 19.1. The number of aryl methyl sites for hydroxylation is 3. The molecule has 2 rings (SSSR count). The zero-order valence-corrected chi connectivity index (χ0v) is 13.2. The lowest BCUT2D eigenvalue weighted by atomic mass is 10.1. The van der Waals surface area contributed by atoms with Crippen molar-refractivity contribution in [2.24, 2.45) is 0 Å². The molecular formula is C16H18FN3O3. The van der Waals surface area contributed by atoms with Crippen molar-refractivity contribution >= 4 is 17.5 Å². The predicted molar refractivity (Wildman–Crippen MR) is 82.5 cm³/mol. The van der Waals surface area contributed by atoms with E-state index in [1.807, 2.05) is 6.92 Å². The number of hydrogen-bond acceptors (Lipinski definition) is 4. The van der Waals surface area contributed by atoms with Crippen LogP contribution in [0.4, 0.5) is 10.1 Å². The van der Waals surface area contributed by atoms with E-state index < -0.39 is 17.6 Å². The molecule has 0 atom stereocenters. The number of anilines is 1. The number of nitrogens with one attached hydrogen (secondary N) is 2. The second-order valence-electron chi connectivity index (χ2n) is 5.23. The summed E-state index contributed by atoms with van der Waals surface area (Å²) in [7, 11) is 0. The van der Waals surface area contributed by atoms with Gasteiger partial charge in [0.15, 0.2) is 0 Å². The van der Waals surface area contributed by atoms with Crippen molar-refractivity contribution in [3.8, 4) is 0 Å². The molecule has 0 spiro atoms. The van der Waals surface area contributed by atoms with E-state index in [1.54, 1.807) is 13.8 Å². The minimum Gasteiger partial charge on any atom is -0.361 e. The number of halogens is 1. The van der Waals surface area contributed by atoms with E-state index in [-0.39, 0.29) is 12.2 Å². The zero-order valence-electron chi connectivity index (χ0n) is 13.2. The summed E-state index contributed by atoms with van der Waals surface area (Å²) in [5.74, 6) is -1.37. The summed E-state index contributed by atoms with van der Waals surface area (Å²) in [6, 6.07) is 4.23. The minimum absolute atomic E-state index is 0.235. The number of hydrogen-bond donors (Lipinski definition) is 2. The lowest BCUT2D eigenvalue weighted by Gasteiger charge is -2.07. The summed E-state index contributed by atoms with van der Waals surface area (Å²) in [6.07, 6.45) is 0.513. The number of benzene rings is 1. The van der Waals surface area contributed by atoms with Crippen molar-refractivity contribution in [2.45, 2.75) is 27.2 Å². The number of amides is 2. The molecule has 122 valence electrons. The van der Waals surface area contributed by atoms with Gasteiger partial charge in [-0.25, -0.2) is 4.39 Å². The number of carbonyl (C=O) groups is 2. The van der Waals surface area contributed by atoms with Crippen LogP contribution in [0.2, 0.25) is 0 Å². The van der Waals surface area contributed by atoms with Crippen LogP contribution < -0.4 is 10.6 Å². The Morgan fingerprint density at radius 1 is 1.22 bits per heavy atom. The van der Waals surface area contributed by atoms with Crippen LogP contribution in [0.25, 0.3) is 0 Å². The van der Waals surface area contributed by atoms with Gasteiger partial charge in [0.1, 0.15) is 11.6 Å². The van der Waals surface area contributed by atoms with Crippen molar-refractivity contribution in [1.82, 2.24) is 10.5 Å². The molecule has 0 bridgehead atoms. The van der Waals surface area contributed by atoms with Crippen molar-refractivity contribution in [3.05, 3.63) is 46.6 Å². The van der Waals surface area contributed by atoms with E-state index in [1.165, 1.54) is 18.2 Å². The van der Waals surface area contributed by atoms with Crippen LogP contribution in [0.1, 0.15) is 22.6 Å². The summed E-state index contributed by atoms with van der Waals surface area (Å²) in [5.41, 5.74) is 2.37. The maximum absolute atomic E-state index is 13.4. The van der Waals surface area contributed by atoms with E-state index in [0.29, 0.717) is 17.7 Å². The van der Waals surface area contributed by atoms with Gasteiger partial charge >= 0.3 is 11.8 Å². The molecule has 0 aliphatic carbocycles. The van der Waals surface area contributed by atoms with E-state index in [4.69, 9.17) is 4.52 Å². The van der Waals surface area contributed by atoms with Crippen LogP contribution in [0.3, 0.4) is 0 Å². The van der Waals surface area contributed by atoms with Gasteiger partial charge in [0.25, 0.3) is 0 Å². The normalized spacial score (nSPS) is 10.4. The van der Waals surface area contributed by atoms with Gasteiger partial charge in [-0.3, -0.25) is 9.59 Å². The standard InChI is InChI=1S/C16H18FN3O3/c1-9-4-5-12(8-14(9)17)19-16(22)15(21)18-7-6-13-10(2)20-23-11(13)3/h4-5,8H,6-7H2,1-3H3,(H,18,21)(H,19,22). The molecule has 1 aromatic heterocycles. The average Bonchev–Trinajstić information content (AvgIpc) is 2.82. The molecule has 0 radical (unpaired) electrons. The topological polar surface area (TPSA) is 84.2 Å². The Morgan fingerprint density at radius 3 is 2.57 bits per heavy atom. The fraction of sp³-hybridized carbons (Fsp3) is 0.312. The molecule has 6 nitrogen and oxygen atoms in total. The Bertz CT molecular complexity index is 721. The molecule has 0 saturated carbocycles. The maximum atomic E-state index is 13.4. The second kappa shape index (κ2) is 7.04. The highest BCUT2D eigenvalue weighted by molar-refractivity contribution is 6.39. The molecule has 1 heterocycles. The Morgan fingerprint density at radius 2 is 1.96 bits per heavy atom. The molecule has 7 heteroatoms. The van der Waals surface area contributed by atoms with Crippen LogP contribution in [-0.4, -0.2) is 23.5 Å². The van der Waals surface area contributed by atoms with Crippen LogP contribution in [0, 0.1) is 26.6 Å². The van der Waals surface area contributed by atoms with E-state index in [0.717, 1.165) is 11.3 Å². The summed E-state index contributed by atoms with van der Waals surface area (Å²) in [5, 5.41) is 8.68. The number of carbonyl (C=O) groups excluding carboxylic acids is 2. The van der Waals surface area contributed by atoms with Gasteiger partial charge in [0.05, 0.1) is 5.69 Å². The smallest absolute Gasteiger partial charge is 0.313 e. The fourth-order valence-corrected chi connectivity index (χ4v) is 2.10. The van der Waals surface area contributed by atoms with Gasteiger partial charge in [0, 0.05) is 17.8 Å². The van der Waals surface area contributed by atoms with Gasteiger partial charge in [-0.1, -0.05) is 11.2 Å². The number of rotatable bonds is 4. The van der Waals surface area contributed by atoms with Gasteiger partial charge in [0.2, 0.25) is 0 Å². The lowest BCUT2D eigenvalue weighted by Crippen LogP contribution is -2.36. The van der Waals surface area contributed by atoms with Crippen molar-refractivity contribution in [3.63, 3.8) is 0 Å². The van der Waals surface area contributed by atoms with Crippen LogP contribution in [0.5, 0.6) is 0 Å². The van der Waals surface area contributed by atoms with E-state index in [9.17, 15) is 14.0 Å². The Kier molecular flexibility index (Phi) is 5.10. The third-order valence-electron chi connectivity index (χ3n) is 3.48. The molecule has 0 saturated heterocycles. The Hall–Kier alpha value is -2.70. The highest BCUT2D eigenvalue weighted by Gasteiger charge is 2.15. The quantitative estimate of drug-likeness (QED) is 0.845. The third-order valence-corrected chi connectivity index (χ3v) is 3.48. The van der Waals surface area contributed by atoms with E-state index >= 15 is 0 Å². The van der Waals surface area contributed by atoms with Gasteiger partial charge in [-0.15, -0.1) is 0 Å². The average molecular weight is 319 g/mol. The zero-order chi connectivity index (χ0) is 17.0. The first-order valence-corrected chi connectivity index (χ1v) is 7.15. The molecule has 0 fully saturated rings. The SMILES string of the molecule is Cc1ccc(NC(=O)C(=O)NCCc2c(C)noc2C)cc1F. The third kappa shape index (κ3) is 4.15. The van der Waals surface area contributed by atoms with Gasteiger partial charge < -0.3 is 15.2 Å². The molecule has 0 unspecified atom stereocenters. The fourth-order valence-electron chi connectivity index (χ4n) is 2.10. The second-order valence-corrected chi connectivity index (χ2v) is 5.23. The molecule has 0 aliphatic rings. The monoisotopic (exact) mass is 319 g/mol. The van der Waals surface area contributed by atoms with Crippen LogP contribution in [0.15, 0.2) is 22.7 Å². The first-order valence-electron chi connectivity index (χ1n) is 7.15. The maximum Gasteiger partial charge on any atom is 0.313 e. The summed E-state index contributed by atoms with van der Waals surface area (Å²) < 4.78 is 18.4. The molecule has 2 aromatic rings. The van der Waals surface area contributed by atoms with Crippen LogP contribution in [-0.2, 0) is 16.0 Å². The van der Waals surface area contributed by atoms with Crippen molar-refractivity contribution in [2.75, 3.05) is 11.9 Å². The first kappa shape index (κ1) is 16.7. The van der Waals surface area contributed by atoms with E-state index in [2.05, 4.69) is 15.8 Å². The van der Waals surface area contributed by atoms with Crippen LogP contribution >= 0.6 is 0 Å². The molecule has 0 aliphatic heterocycles. The highest BCUT2D eigenvalue weighted by Crippen LogP contribution is 2.14. The van der Waals surface area contributed by atoms with Gasteiger partial charge in [-0.2, -0.15) is 0 Å². The largest absolute Gasteiger partial charge is 0.361 e. The molecule has 23 heavy (non-hydrogen) atoms.